The predicted molar refractivity (Wildman–Crippen MR) is 96.8 cm³/mol. The van der Waals surface area contributed by atoms with Crippen LogP contribution in [0.25, 0.3) is 0 Å². The molecule has 0 spiro atoms. The van der Waals surface area contributed by atoms with Gasteiger partial charge in [-0.15, -0.1) is 12.4 Å². The van der Waals surface area contributed by atoms with Crippen LogP contribution in [0, 0.1) is 0 Å². The number of rotatable bonds is 3. The largest absolute Gasteiger partial charge is 0.345 e. The Morgan fingerprint density at radius 1 is 0.917 bits per heavy atom. The van der Waals surface area contributed by atoms with Gasteiger partial charge in [0.1, 0.15) is 0 Å². The first kappa shape index (κ1) is 18.7. The van der Waals surface area contributed by atoms with E-state index in [1.165, 1.54) is 17.7 Å². The van der Waals surface area contributed by atoms with Crippen molar-refractivity contribution in [1.29, 1.82) is 0 Å². The zero-order valence-electron chi connectivity index (χ0n) is 14.5. The van der Waals surface area contributed by atoms with Gasteiger partial charge in [-0.25, -0.2) is 0 Å². The molecule has 2 aliphatic heterocycles. The zero-order chi connectivity index (χ0) is 16.6. The van der Waals surface area contributed by atoms with E-state index in [0.29, 0.717) is 29.3 Å². The van der Waals surface area contributed by atoms with Crippen molar-refractivity contribution in [3.05, 3.63) is 35.4 Å². The molecule has 2 aliphatic rings. The third kappa shape index (κ3) is 3.73. The molecule has 2 unspecified atom stereocenters. The second-order valence-electron chi connectivity index (χ2n) is 6.96. The maximum absolute atomic E-state index is 12.7. The van der Waals surface area contributed by atoms with Crippen LogP contribution in [-0.4, -0.2) is 60.9 Å². The quantitative estimate of drug-likeness (QED) is 0.908. The SMILES string of the molecule is CN(C)C(=O)c1ccc(C(=O)N(C)C2CC3CCC(C2)N3)cc1.Cl. The number of benzene rings is 1. The van der Waals surface area contributed by atoms with Gasteiger partial charge in [0.25, 0.3) is 11.8 Å². The molecule has 2 heterocycles. The van der Waals surface area contributed by atoms with E-state index in [0.717, 1.165) is 12.8 Å². The second kappa shape index (κ2) is 7.53. The van der Waals surface area contributed by atoms with Crippen LogP contribution in [0.4, 0.5) is 0 Å². The van der Waals surface area contributed by atoms with Crippen LogP contribution in [0.15, 0.2) is 24.3 Å². The van der Waals surface area contributed by atoms with Gasteiger partial charge in [-0.2, -0.15) is 0 Å². The Balaban J connectivity index is 0.00000208. The molecule has 1 N–H and O–H groups in total. The summed E-state index contributed by atoms with van der Waals surface area (Å²) in [4.78, 5) is 28.0. The summed E-state index contributed by atoms with van der Waals surface area (Å²) in [6, 6.07) is 8.41. The van der Waals surface area contributed by atoms with Crippen molar-refractivity contribution in [2.75, 3.05) is 21.1 Å². The molecule has 1 aromatic carbocycles. The van der Waals surface area contributed by atoms with Gasteiger partial charge >= 0.3 is 0 Å². The molecule has 2 fully saturated rings. The summed E-state index contributed by atoms with van der Waals surface area (Å²) >= 11 is 0. The van der Waals surface area contributed by atoms with E-state index in [-0.39, 0.29) is 24.2 Å². The van der Waals surface area contributed by atoms with E-state index < -0.39 is 0 Å². The van der Waals surface area contributed by atoms with E-state index in [9.17, 15) is 9.59 Å². The molecule has 5 nitrogen and oxygen atoms in total. The molecular formula is C18H26ClN3O2. The summed E-state index contributed by atoms with van der Waals surface area (Å²) in [5.41, 5.74) is 1.25. The topological polar surface area (TPSA) is 52.7 Å². The van der Waals surface area contributed by atoms with Crippen molar-refractivity contribution in [3.63, 3.8) is 0 Å². The monoisotopic (exact) mass is 351 g/mol. The maximum atomic E-state index is 12.7. The molecule has 24 heavy (non-hydrogen) atoms. The fourth-order valence-electron chi connectivity index (χ4n) is 3.73. The molecule has 0 aromatic heterocycles. The molecule has 2 bridgehead atoms. The smallest absolute Gasteiger partial charge is 0.253 e. The summed E-state index contributed by atoms with van der Waals surface area (Å²) in [6.07, 6.45) is 4.53. The van der Waals surface area contributed by atoms with Gasteiger partial charge in [-0.1, -0.05) is 0 Å². The van der Waals surface area contributed by atoms with Crippen LogP contribution in [-0.2, 0) is 0 Å². The average Bonchev–Trinajstić information content (AvgIpc) is 2.90. The van der Waals surface area contributed by atoms with Crippen molar-refractivity contribution in [1.82, 2.24) is 15.1 Å². The molecule has 2 amide bonds. The lowest BCUT2D eigenvalue weighted by Gasteiger charge is -2.35. The first-order valence-corrected chi connectivity index (χ1v) is 8.30. The number of nitrogens with zero attached hydrogens (tertiary/aromatic N) is 2. The van der Waals surface area contributed by atoms with E-state index in [4.69, 9.17) is 0 Å². The van der Waals surface area contributed by atoms with Gasteiger partial charge in [0, 0.05) is 50.4 Å². The number of hydrogen-bond acceptors (Lipinski definition) is 3. The maximum Gasteiger partial charge on any atom is 0.253 e. The minimum atomic E-state index is -0.0488. The van der Waals surface area contributed by atoms with E-state index in [2.05, 4.69) is 5.32 Å². The Morgan fingerprint density at radius 3 is 1.83 bits per heavy atom. The Bertz CT molecular complexity index is 591. The highest BCUT2D eigenvalue weighted by molar-refractivity contribution is 5.97. The fourth-order valence-corrected chi connectivity index (χ4v) is 3.73. The van der Waals surface area contributed by atoms with Crippen LogP contribution >= 0.6 is 12.4 Å². The molecule has 3 rings (SSSR count). The van der Waals surface area contributed by atoms with Gasteiger partial charge in [0.2, 0.25) is 0 Å². The molecule has 6 heteroatoms. The highest BCUT2D eigenvalue weighted by Gasteiger charge is 2.36. The zero-order valence-corrected chi connectivity index (χ0v) is 15.3. The summed E-state index contributed by atoms with van der Waals surface area (Å²) in [7, 11) is 5.35. The molecule has 132 valence electrons. The lowest BCUT2D eigenvalue weighted by Crippen LogP contribution is -2.48. The van der Waals surface area contributed by atoms with Crippen LogP contribution < -0.4 is 5.32 Å². The van der Waals surface area contributed by atoms with Crippen molar-refractivity contribution >= 4 is 24.2 Å². The summed E-state index contributed by atoms with van der Waals surface area (Å²) < 4.78 is 0. The Hall–Kier alpha value is -1.59. The lowest BCUT2D eigenvalue weighted by molar-refractivity contribution is 0.0680. The van der Waals surface area contributed by atoms with Crippen molar-refractivity contribution in [2.45, 2.75) is 43.8 Å². The van der Waals surface area contributed by atoms with Gasteiger partial charge in [-0.05, 0) is 49.9 Å². The summed E-state index contributed by atoms with van der Waals surface area (Å²) in [5.74, 6) is -0.00700. The van der Waals surface area contributed by atoms with Gasteiger partial charge in [-0.3, -0.25) is 9.59 Å². The molecule has 2 saturated heterocycles. The standard InChI is InChI=1S/C18H25N3O2.ClH/c1-20(2)17(22)12-4-6-13(7-5-12)18(23)21(3)16-10-14-8-9-15(11-16)19-14;/h4-7,14-16,19H,8-11H2,1-3H3;1H. The van der Waals surface area contributed by atoms with Crippen molar-refractivity contribution in [2.24, 2.45) is 0 Å². The van der Waals surface area contributed by atoms with Crippen LogP contribution in [0.3, 0.4) is 0 Å². The molecule has 2 atom stereocenters. The number of halogens is 1. The van der Waals surface area contributed by atoms with Crippen LogP contribution in [0.2, 0.25) is 0 Å². The number of piperidine rings is 1. The third-order valence-corrected chi connectivity index (χ3v) is 5.10. The minimum absolute atomic E-state index is 0. The third-order valence-electron chi connectivity index (χ3n) is 5.10. The van der Waals surface area contributed by atoms with Gasteiger partial charge in [0.05, 0.1) is 0 Å². The summed E-state index contributed by atoms with van der Waals surface area (Å²) in [6.45, 7) is 0. The van der Waals surface area contributed by atoms with Crippen molar-refractivity contribution < 1.29 is 9.59 Å². The van der Waals surface area contributed by atoms with Crippen LogP contribution in [0.5, 0.6) is 0 Å². The summed E-state index contributed by atoms with van der Waals surface area (Å²) in [5, 5.41) is 3.60. The number of amides is 2. The normalized spacial score (nSPS) is 24.9. The molecular weight excluding hydrogens is 326 g/mol. The Labute approximate surface area is 149 Å². The fraction of sp³-hybridized carbons (Fsp3) is 0.556. The van der Waals surface area contributed by atoms with E-state index >= 15 is 0 Å². The molecule has 0 saturated carbocycles. The number of nitrogens with one attached hydrogen (secondary N) is 1. The first-order valence-electron chi connectivity index (χ1n) is 8.30. The van der Waals surface area contributed by atoms with E-state index in [1.54, 1.807) is 38.4 Å². The molecule has 0 radical (unpaired) electrons. The van der Waals surface area contributed by atoms with E-state index in [1.807, 2.05) is 11.9 Å². The molecule has 0 aliphatic carbocycles. The number of hydrogen-bond donors (Lipinski definition) is 1. The average molecular weight is 352 g/mol. The number of carbonyl (C=O) groups excluding carboxylic acids is 2. The predicted octanol–water partition coefficient (Wildman–Crippen LogP) is 2.17. The number of fused-ring (bicyclic) bond motifs is 2. The van der Waals surface area contributed by atoms with Gasteiger partial charge in [0.15, 0.2) is 0 Å². The highest BCUT2D eigenvalue weighted by Crippen LogP contribution is 2.29. The Kier molecular flexibility index (Phi) is 5.88. The molecule has 1 aromatic rings. The van der Waals surface area contributed by atoms with Crippen LogP contribution in [0.1, 0.15) is 46.4 Å². The van der Waals surface area contributed by atoms with Gasteiger partial charge < -0.3 is 15.1 Å². The minimum Gasteiger partial charge on any atom is -0.345 e. The highest BCUT2D eigenvalue weighted by atomic mass is 35.5. The lowest BCUT2D eigenvalue weighted by atomic mass is 9.98. The van der Waals surface area contributed by atoms with Crippen molar-refractivity contribution in [3.8, 4) is 0 Å². The Morgan fingerprint density at radius 2 is 1.38 bits per heavy atom. The first-order chi connectivity index (χ1) is 11.0. The number of carbonyl (C=O) groups is 2. The second-order valence-corrected chi connectivity index (χ2v) is 6.96.